The monoisotopic (exact) mass is 276 g/mol. The van der Waals surface area contributed by atoms with Crippen molar-refractivity contribution in [2.45, 2.75) is 25.3 Å². The molecule has 20 heavy (non-hydrogen) atoms. The van der Waals surface area contributed by atoms with Crippen LogP contribution in [0.1, 0.15) is 36.4 Å². The fourth-order valence-corrected chi connectivity index (χ4v) is 2.52. The minimum absolute atomic E-state index is 0.147. The largest absolute Gasteiger partial charge is 0.334 e. The Labute approximate surface area is 115 Å². The van der Waals surface area contributed by atoms with E-state index in [1.165, 1.54) is 12.4 Å². The van der Waals surface area contributed by atoms with Crippen molar-refractivity contribution in [3.05, 3.63) is 48.0 Å². The molecule has 1 atom stereocenters. The first kappa shape index (κ1) is 12.9. The minimum atomic E-state index is -2.53. The van der Waals surface area contributed by atoms with Crippen LogP contribution in [-0.4, -0.2) is 21.5 Å². The Bertz CT molecular complexity index is 559. The van der Waals surface area contributed by atoms with E-state index >= 15 is 0 Å². The van der Waals surface area contributed by atoms with Crippen LogP contribution in [0, 0.1) is 0 Å². The highest BCUT2D eigenvalue weighted by Gasteiger charge is 2.28. The highest BCUT2D eigenvalue weighted by molar-refractivity contribution is 5.37. The van der Waals surface area contributed by atoms with Crippen LogP contribution in [0.4, 0.5) is 14.7 Å². The molecule has 2 aromatic heterocycles. The van der Waals surface area contributed by atoms with Crippen LogP contribution in [0.25, 0.3) is 0 Å². The summed E-state index contributed by atoms with van der Waals surface area (Å²) in [5, 5.41) is 0. The number of nitrogens with zero attached hydrogens (tertiary/aromatic N) is 4. The third-order valence-electron chi connectivity index (χ3n) is 3.49. The molecule has 0 saturated carbocycles. The van der Waals surface area contributed by atoms with E-state index in [0.29, 0.717) is 5.95 Å². The van der Waals surface area contributed by atoms with Crippen LogP contribution in [-0.2, 0) is 0 Å². The van der Waals surface area contributed by atoms with Crippen LogP contribution in [0.15, 0.2) is 36.9 Å². The normalized spacial score (nSPS) is 18.8. The van der Waals surface area contributed by atoms with Gasteiger partial charge in [0, 0.05) is 31.3 Å². The summed E-state index contributed by atoms with van der Waals surface area (Å²) in [4.78, 5) is 14.3. The van der Waals surface area contributed by atoms with Crippen molar-refractivity contribution in [1.29, 1.82) is 0 Å². The Hall–Kier alpha value is -2.11. The quantitative estimate of drug-likeness (QED) is 0.863. The van der Waals surface area contributed by atoms with Gasteiger partial charge in [-0.2, -0.15) is 0 Å². The lowest BCUT2D eigenvalue weighted by Crippen LogP contribution is -2.24. The first-order valence-corrected chi connectivity index (χ1v) is 6.52. The smallest absolute Gasteiger partial charge is 0.266 e. The van der Waals surface area contributed by atoms with Crippen LogP contribution >= 0.6 is 0 Å². The van der Waals surface area contributed by atoms with E-state index < -0.39 is 6.43 Å². The lowest BCUT2D eigenvalue weighted by molar-refractivity contribution is 0.150. The van der Waals surface area contributed by atoms with Crippen LogP contribution in [0.5, 0.6) is 0 Å². The summed E-state index contributed by atoms with van der Waals surface area (Å²) in [6.07, 6.45) is 5.45. The zero-order chi connectivity index (χ0) is 13.9. The molecule has 0 aliphatic carbocycles. The molecule has 3 heterocycles. The van der Waals surface area contributed by atoms with Gasteiger partial charge in [0.15, 0.2) is 0 Å². The van der Waals surface area contributed by atoms with Crippen LogP contribution in [0.3, 0.4) is 0 Å². The summed E-state index contributed by atoms with van der Waals surface area (Å²) >= 11 is 0. The highest BCUT2D eigenvalue weighted by Crippen LogP contribution is 2.34. The van der Waals surface area contributed by atoms with E-state index in [9.17, 15) is 8.78 Å². The molecule has 1 saturated heterocycles. The van der Waals surface area contributed by atoms with E-state index in [-0.39, 0.29) is 11.6 Å². The predicted molar refractivity (Wildman–Crippen MR) is 70.5 cm³/mol. The molecule has 3 rings (SSSR count). The molecule has 0 bridgehead atoms. The molecule has 1 unspecified atom stereocenters. The van der Waals surface area contributed by atoms with Gasteiger partial charge in [-0.15, -0.1) is 0 Å². The number of aromatic nitrogens is 3. The standard InChI is InChI=1S/C14H14F2N4/c15-13(16)11-8-18-14(19-9-11)20-6-2-4-12(20)10-3-1-5-17-7-10/h1,3,5,7-9,12-13H,2,4,6H2. The number of hydrogen-bond donors (Lipinski definition) is 0. The Kier molecular flexibility index (Phi) is 3.54. The maximum absolute atomic E-state index is 12.5. The SMILES string of the molecule is FC(F)c1cnc(N2CCCC2c2cccnc2)nc1. The van der Waals surface area contributed by atoms with Crippen LogP contribution < -0.4 is 4.90 Å². The summed E-state index contributed by atoms with van der Waals surface area (Å²) in [5.74, 6) is 0.501. The fourth-order valence-electron chi connectivity index (χ4n) is 2.52. The molecule has 1 aliphatic heterocycles. The third kappa shape index (κ3) is 2.45. The highest BCUT2D eigenvalue weighted by atomic mass is 19.3. The fraction of sp³-hybridized carbons (Fsp3) is 0.357. The molecule has 1 aliphatic rings. The molecule has 4 nitrogen and oxygen atoms in total. The number of pyridine rings is 1. The topological polar surface area (TPSA) is 41.9 Å². The van der Waals surface area contributed by atoms with Crippen molar-refractivity contribution in [2.75, 3.05) is 11.4 Å². The average Bonchev–Trinajstić information content (AvgIpc) is 2.97. The van der Waals surface area contributed by atoms with Gasteiger partial charge in [-0.05, 0) is 24.5 Å². The second-order valence-electron chi connectivity index (χ2n) is 4.75. The maximum atomic E-state index is 12.5. The van der Waals surface area contributed by atoms with Crippen molar-refractivity contribution in [3.8, 4) is 0 Å². The number of halogens is 2. The lowest BCUT2D eigenvalue weighted by atomic mass is 10.1. The first-order chi connectivity index (χ1) is 9.75. The van der Waals surface area contributed by atoms with Gasteiger partial charge in [0.05, 0.1) is 11.6 Å². The molecule has 0 radical (unpaired) electrons. The number of rotatable bonds is 3. The van der Waals surface area contributed by atoms with Gasteiger partial charge in [-0.25, -0.2) is 18.7 Å². The Morgan fingerprint density at radius 2 is 2.00 bits per heavy atom. The summed E-state index contributed by atoms with van der Waals surface area (Å²) < 4.78 is 25.0. The number of hydrogen-bond acceptors (Lipinski definition) is 4. The third-order valence-corrected chi connectivity index (χ3v) is 3.49. The summed E-state index contributed by atoms with van der Waals surface area (Å²) in [6.45, 7) is 0.827. The van der Waals surface area contributed by atoms with Crippen molar-refractivity contribution < 1.29 is 8.78 Å². The van der Waals surface area contributed by atoms with Gasteiger partial charge in [0.25, 0.3) is 6.43 Å². The molecular formula is C14H14F2N4. The summed E-state index contributed by atoms with van der Waals surface area (Å²) in [7, 11) is 0. The van der Waals surface area contributed by atoms with Crippen molar-refractivity contribution in [1.82, 2.24) is 15.0 Å². The van der Waals surface area contributed by atoms with Gasteiger partial charge in [0.1, 0.15) is 0 Å². The molecule has 0 aromatic carbocycles. The zero-order valence-corrected chi connectivity index (χ0v) is 10.8. The molecule has 0 spiro atoms. The van der Waals surface area contributed by atoms with Gasteiger partial charge in [0.2, 0.25) is 5.95 Å². The molecule has 104 valence electrons. The molecule has 0 amide bonds. The number of alkyl halides is 2. The van der Waals surface area contributed by atoms with Gasteiger partial charge in [-0.1, -0.05) is 6.07 Å². The average molecular weight is 276 g/mol. The van der Waals surface area contributed by atoms with E-state index in [1.54, 1.807) is 6.20 Å². The Morgan fingerprint density at radius 1 is 1.20 bits per heavy atom. The molecule has 1 fully saturated rings. The van der Waals surface area contributed by atoms with Gasteiger partial charge < -0.3 is 4.90 Å². The Morgan fingerprint density at radius 3 is 2.65 bits per heavy atom. The second kappa shape index (κ2) is 5.48. The molecule has 2 aromatic rings. The van der Waals surface area contributed by atoms with E-state index in [2.05, 4.69) is 15.0 Å². The molecule has 0 N–H and O–H groups in total. The van der Waals surface area contributed by atoms with Crippen molar-refractivity contribution in [2.24, 2.45) is 0 Å². The van der Waals surface area contributed by atoms with Crippen molar-refractivity contribution >= 4 is 5.95 Å². The van der Waals surface area contributed by atoms with Crippen LogP contribution in [0.2, 0.25) is 0 Å². The maximum Gasteiger partial charge on any atom is 0.266 e. The van der Waals surface area contributed by atoms with Gasteiger partial charge in [-0.3, -0.25) is 4.98 Å². The second-order valence-corrected chi connectivity index (χ2v) is 4.75. The van der Waals surface area contributed by atoms with E-state index in [4.69, 9.17) is 0 Å². The van der Waals surface area contributed by atoms with Gasteiger partial charge >= 0.3 is 0 Å². The summed E-state index contributed by atoms with van der Waals surface area (Å²) in [5.41, 5.74) is 0.956. The van der Waals surface area contributed by atoms with E-state index in [0.717, 1.165) is 24.9 Å². The zero-order valence-electron chi connectivity index (χ0n) is 10.8. The number of anilines is 1. The van der Waals surface area contributed by atoms with E-state index in [1.807, 2.05) is 23.2 Å². The first-order valence-electron chi connectivity index (χ1n) is 6.52. The summed E-state index contributed by atoms with van der Waals surface area (Å²) in [6, 6.07) is 4.08. The molecular weight excluding hydrogens is 262 g/mol. The predicted octanol–water partition coefficient (Wildman–Crippen LogP) is 3.15. The molecule has 6 heteroatoms. The lowest BCUT2D eigenvalue weighted by Gasteiger charge is -2.24. The minimum Gasteiger partial charge on any atom is -0.334 e. The van der Waals surface area contributed by atoms with Crippen molar-refractivity contribution in [3.63, 3.8) is 0 Å². The Balaban J connectivity index is 1.85.